The molecule has 8 nitrogen and oxygen atoms in total. The van der Waals surface area contributed by atoms with Crippen LogP contribution in [0, 0.1) is 17.0 Å². The average molecular weight is 342 g/mol. The maximum atomic E-state index is 12.4. The van der Waals surface area contributed by atoms with Gasteiger partial charge in [-0.15, -0.1) is 0 Å². The fourth-order valence-electron chi connectivity index (χ4n) is 2.64. The van der Waals surface area contributed by atoms with E-state index in [1.54, 1.807) is 31.3 Å². The molecule has 1 N–H and O–H groups in total. The summed E-state index contributed by atoms with van der Waals surface area (Å²) < 4.78 is 5.33. The largest absolute Gasteiger partial charge is 0.378 e. The third-order valence-electron chi connectivity index (χ3n) is 4.02. The van der Waals surface area contributed by atoms with Crippen LogP contribution in [0.1, 0.15) is 16.1 Å². The average Bonchev–Trinajstić information content (AvgIpc) is 2.64. The maximum absolute atomic E-state index is 12.4. The summed E-state index contributed by atoms with van der Waals surface area (Å²) in [6, 6.07) is 8.14. The van der Waals surface area contributed by atoms with Crippen molar-refractivity contribution < 1.29 is 14.5 Å². The Morgan fingerprint density at radius 3 is 2.76 bits per heavy atom. The van der Waals surface area contributed by atoms with Crippen molar-refractivity contribution in [1.82, 2.24) is 4.98 Å². The van der Waals surface area contributed by atoms with Gasteiger partial charge in [-0.05, 0) is 25.1 Å². The van der Waals surface area contributed by atoms with Crippen molar-refractivity contribution in [3.8, 4) is 0 Å². The smallest absolute Gasteiger partial charge is 0.274 e. The molecule has 3 rings (SSSR count). The molecule has 25 heavy (non-hydrogen) atoms. The Bertz CT molecular complexity index is 803. The summed E-state index contributed by atoms with van der Waals surface area (Å²) >= 11 is 0. The molecule has 0 unspecified atom stereocenters. The number of ether oxygens (including phenoxy) is 1. The van der Waals surface area contributed by atoms with Crippen LogP contribution in [0.3, 0.4) is 0 Å². The second-order valence-corrected chi connectivity index (χ2v) is 5.71. The normalized spacial score (nSPS) is 14.2. The lowest BCUT2D eigenvalue weighted by Crippen LogP contribution is -2.36. The van der Waals surface area contributed by atoms with Crippen molar-refractivity contribution in [1.29, 1.82) is 0 Å². The Kier molecular flexibility index (Phi) is 4.90. The highest BCUT2D eigenvalue weighted by atomic mass is 16.6. The number of pyridine rings is 1. The monoisotopic (exact) mass is 342 g/mol. The van der Waals surface area contributed by atoms with E-state index in [-0.39, 0.29) is 11.4 Å². The van der Waals surface area contributed by atoms with Gasteiger partial charge in [0.25, 0.3) is 11.6 Å². The van der Waals surface area contributed by atoms with E-state index in [9.17, 15) is 14.9 Å². The molecule has 0 bridgehead atoms. The van der Waals surface area contributed by atoms with Crippen molar-refractivity contribution in [2.75, 3.05) is 36.5 Å². The van der Waals surface area contributed by atoms with Gasteiger partial charge in [0.1, 0.15) is 5.69 Å². The molecule has 0 radical (unpaired) electrons. The van der Waals surface area contributed by atoms with E-state index >= 15 is 0 Å². The van der Waals surface area contributed by atoms with Crippen LogP contribution in [0.25, 0.3) is 0 Å². The zero-order valence-corrected chi connectivity index (χ0v) is 13.8. The van der Waals surface area contributed by atoms with Gasteiger partial charge in [-0.1, -0.05) is 6.07 Å². The second-order valence-electron chi connectivity index (χ2n) is 5.71. The van der Waals surface area contributed by atoms with Crippen molar-refractivity contribution in [3.63, 3.8) is 0 Å². The van der Waals surface area contributed by atoms with Crippen molar-refractivity contribution in [3.05, 3.63) is 57.9 Å². The molecule has 0 saturated carbocycles. The quantitative estimate of drug-likeness (QED) is 0.677. The van der Waals surface area contributed by atoms with E-state index in [1.165, 1.54) is 6.07 Å². The number of aryl methyl sites for hydroxylation is 1. The lowest BCUT2D eigenvalue weighted by Gasteiger charge is -2.28. The Labute approximate surface area is 144 Å². The third kappa shape index (κ3) is 3.92. The molecular weight excluding hydrogens is 324 g/mol. The number of carbonyl (C=O) groups is 1. The first-order valence-electron chi connectivity index (χ1n) is 7.90. The standard InChI is InChI=1S/C17H18N4O4/c1-12-2-3-13(10-16(12)21(23)24)19-17(22)15-11-14(4-5-18-15)20-6-8-25-9-7-20/h2-5,10-11H,6-9H2,1H3,(H,19,22). The number of anilines is 2. The van der Waals surface area contributed by atoms with Crippen molar-refractivity contribution >= 4 is 23.0 Å². The van der Waals surface area contributed by atoms with Gasteiger partial charge >= 0.3 is 0 Å². The van der Waals surface area contributed by atoms with Crippen LogP contribution in [-0.2, 0) is 4.74 Å². The lowest BCUT2D eigenvalue weighted by atomic mass is 10.2. The van der Waals surface area contributed by atoms with Gasteiger partial charge in [0.15, 0.2) is 0 Å². The molecular formula is C17H18N4O4. The van der Waals surface area contributed by atoms with Crippen molar-refractivity contribution in [2.24, 2.45) is 0 Å². The predicted molar refractivity (Wildman–Crippen MR) is 93.1 cm³/mol. The number of carbonyl (C=O) groups excluding carboxylic acids is 1. The van der Waals surface area contributed by atoms with Crippen LogP contribution >= 0.6 is 0 Å². The molecule has 1 saturated heterocycles. The van der Waals surface area contributed by atoms with E-state index < -0.39 is 10.8 Å². The first kappa shape index (κ1) is 16.8. The van der Waals surface area contributed by atoms with Crippen LogP contribution in [0.15, 0.2) is 36.5 Å². The van der Waals surface area contributed by atoms with Crippen LogP contribution in [-0.4, -0.2) is 42.1 Å². The Morgan fingerprint density at radius 1 is 1.28 bits per heavy atom. The lowest BCUT2D eigenvalue weighted by molar-refractivity contribution is -0.385. The number of amides is 1. The molecule has 0 atom stereocenters. The van der Waals surface area contributed by atoms with Gasteiger partial charge in [-0.25, -0.2) is 0 Å². The molecule has 1 aliphatic heterocycles. The number of aromatic nitrogens is 1. The Hall–Kier alpha value is -3.00. The summed E-state index contributed by atoms with van der Waals surface area (Å²) in [4.78, 5) is 29.2. The predicted octanol–water partition coefficient (Wildman–Crippen LogP) is 2.39. The summed E-state index contributed by atoms with van der Waals surface area (Å²) in [6.45, 7) is 4.47. The third-order valence-corrected chi connectivity index (χ3v) is 4.02. The number of nitrogens with one attached hydrogen (secondary N) is 1. The summed E-state index contributed by atoms with van der Waals surface area (Å²) in [7, 11) is 0. The molecule has 1 amide bonds. The minimum Gasteiger partial charge on any atom is -0.378 e. The van der Waals surface area contributed by atoms with Gasteiger partial charge in [-0.2, -0.15) is 0 Å². The highest BCUT2D eigenvalue weighted by molar-refractivity contribution is 6.03. The highest BCUT2D eigenvalue weighted by Crippen LogP contribution is 2.23. The van der Waals surface area contributed by atoms with Crippen LogP contribution in [0.2, 0.25) is 0 Å². The molecule has 0 spiro atoms. The van der Waals surface area contributed by atoms with Gasteiger partial charge in [0.05, 0.1) is 18.1 Å². The van der Waals surface area contributed by atoms with E-state index in [2.05, 4.69) is 15.2 Å². The van der Waals surface area contributed by atoms with Gasteiger partial charge < -0.3 is 15.0 Å². The van der Waals surface area contributed by atoms with Crippen LogP contribution in [0.4, 0.5) is 17.1 Å². The van der Waals surface area contributed by atoms with Crippen LogP contribution < -0.4 is 10.2 Å². The Balaban J connectivity index is 1.77. The van der Waals surface area contributed by atoms with Gasteiger partial charge in [-0.3, -0.25) is 19.9 Å². The minimum atomic E-state index is -0.470. The molecule has 1 aliphatic rings. The van der Waals surface area contributed by atoms with E-state index in [1.807, 2.05) is 6.07 Å². The summed E-state index contributed by atoms with van der Waals surface area (Å²) in [5, 5.41) is 13.7. The molecule has 1 aromatic heterocycles. The number of benzene rings is 1. The second kappa shape index (κ2) is 7.27. The number of nitro benzene ring substituents is 1. The maximum Gasteiger partial charge on any atom is 0.274 e. The fourth-order valence-corrected chi connectivity index (χ4v) is 2.64. The van der Waals surface area contributed by atoms with Crippen LogP contribution in [0.5, 0.6) is 0 Å². The zero-order valence-electron chi connectivity index (χ0n) is 13.8. The summed E-state index contributed by atoms with van der Waals surface area (Å²) in [5.74, 6) is -0.409. The molecule has 8 heteroatoms. The number of nitro groups is 1. The van der Waals surface area contributed by atoms with E-state index in [0.29, 0.717) is 24.5 Å². The van der Waals surface area contributed by atoms with Gasteiger partial charge in [0, 0.05) is 42.3 Å². The number of morpholine rings is 1. The Morgan fingerprint density at radius 2 is 2.04 bits per heavy atom. The molecule has 130 valence electrons. The number of rotatable bonds is 4. The topological polar surface area (TPSA) is 97.6 Å². The van der Waals surface area contributed by atoms with Crippen molar-refractivity contribution in [2.45, 2.75) is 6.92 Å². The SMILES string of the molecule is Cc1ccc(NC(=O)c2cc(N3CCOCC3)ccn2)cc1[N+](=O)[O-]. The molecule has 2 heterocycles. The zero-order chi connectivity index (χ0) is 17.8. The first-order chi connectivity index (χ1) is 12.0. The summed E-state index contributed by atoms with van der Waals surface area (Å²) in [5.41, 5.74) is 2.02. The first-order valence-corrected chi connectivity index (χ1v) is 7.90. The number of hydrogen-bond acceptors (Lipinski definition) is 6. The molecule has 1 fully saturated rings. The fraction of sp³-hybridized carbons (Fsp3) is 0.294. The van der Waals surface area contributed by atoms with E-state index in [4.69, 9.17) is 4.74 Å². The minimum absolute atomic E-state index is 0.0344. The molecule has 0 aliphatic carbocycles. The summed E-state index contributed by atoms with van der Waals surface area (Å²) in [6.07, 6.45) is 1.58. The van der Waals surface area contributed by atoms with Gasteiger partial charge in [0.2, 0.25) is 0 Å². The number of hydrogen-bond donors (Lipinski definition) is 1. The molecule has 2 aromatic rings. The molecule has 1 aromatic carbocycles. The number of nitrogens with zero attached hydrogens (tertiary/aromatic N) is 3. The highest BCUT2D eigenvalue weighted by Gasteiger charge is 2.16. The van der Waals surface area contributed by atoms with E-state index in [0.717, 1.165) is 18.8 Å².